The summed E-state index contributed by atoms with van der Waals surface area (Å²) in [6.07, 6.45) is 1.56. The first-order valence-corrected chi connectivity index (χ1v) is 7.60. The van der Waals surface area contributed by atoms with Crippen molar-refractivity contribution < 1.29 is 4.42 Å². The monoisotopic (exact) mass is 300 g/mol. The molecule has 3 heteroatoms. The first kappa shape index (κ1) is 13.7. The van der Waals surface area contributed by atoms with Gasteiger partial charge in [-0.25, -0.2) is 9.97 Å². The lowest BCUT2D eigenvalue weighted by atomic mass is 10.0. The summed E-state index contributed by atoms with van der Waals surface area (Å²) in [5.74, 6) is 0.891. The topological polar surface area (TPSA) is 38.9 Å². The van der Waals surface area contributed by atoms with Gasteiger partial charge in [0.15, 0.2) is 0 Å². The smallest absolute Gasteiger partial charge is 0.230 e. The Labute approximate surface area is 134 Å². The van der Waals surface area contributed by atoms with E-state index in [2.05, 4.69) is 58.5 Å². The number of aromatic nitrogens is 2. The highest BCUT2D eigenvalue weighted by molar-refractivity contribution is 5.93. The lowest BCUT2D eigenvalue weighted by molar-refractivity contribution is 0.564. The van der Waals surface area contributed by atoms with Gasteiger partial charge in [0.1, 0.15) is 12.1 Å². The first-order chi connectivity index (χ1) is 11.2. The van der Waals surface area contributed by atoms with E-state index in [0.717, 1.165) is 28.0 Å². The summed E-state index contributed by atoms with van der Waals surface area (Å²) in [6, 6.07) is 18.8. The second kappa shape index (κ2) is 5.36. The van der Waals surface area contributed by atoms with Crippen LogP contribution in [0.2, 0.25) is 0 Å². The molecule has 4 aromatic rings. The maximum Gasteiger partial charge on any atom is 0.230 e. The van der Waals surface area contributed by atoms with Crippen molar-refractivity contribution in [3.05, 3.63) is 72.2 Å². The van der Waals surface area contributed by atoms with Crippen LogP contribution in [0.4, 0.5) is 0 Å². The quantitative estimate of drug-likeness (QED) is 0.512. The molecule has 0 amide bonds. The SMILES string of the molecule is Cc1oc2ncnc(-c3ccc(-c4ccccc4)cc3)c2c1C. The fourth-order valence-corrected chi connectivity index (χ4v) is 2.85. The fraction of sp³-hybridized carbons (Fsp3) is 0.100. The van der Waals surface area contributed by atoms with E-state index in [0.29, 0.717) is 5.71 Å². The van der Waals surface area contributed by atoms with E-state index in [1.807, 2.05) is 19.9 Å². The lowest BCUT2D eigenvalue weighted by Gasteiger charge is -2.05. The summed E-state index contributed by atoms with van der Waals surface area (Å²) in [7, 11) is 0. The summed E-state index contributed by atoms with van der Waals surface area (Å²) in [5, 5.41) is 0.998. The molecular weight excluding hydrogens is 284 g/mol. The number of fused-ring (bicyclic) bond motifs is 1. The molecule has 0 radical (unpaired) electrons. The second-order valence-electron chi connectivity index (χ2n) is 5.63. The molecule has 2 aromatic carbocycles. The minimum atomic E-state index is 0.650. The Balaban J connectivity index is 1.83. The first-order valence-electron chi connectivity index (χ1n) is 7.60. The molecule has 0 spiro atoms. The van der Waals surface area contributed by atoms with Gasteiger partial charge in [0.2, 0.25) is 5.71 Å². The summed E-state index contributed by atoms with van der Waals surface area (Å²) in [4.78, 5) is 8.72. The van der Waals surface area contributed by atoms with E-state index in [-0.39, 0.29) is 0 Å². The van der Waals surface area contributed by atoms with Gasteiger partial charge >= 0.3 is 0 Å². The van der Waals surface area contributed by atoms with Crippen LogP contribution >= 0.6 is 0 Å². The Morgan fingerprint density at radius 1 is 0.739 bits per heavy atom. The highest BCUT2D eigenvalue weighted by atomic mass is 16.3. The average Bonchev–Trinajstić information content (AvgIpc) is 2.90. The maximum absolute atomic E-state index is 5.70. The lowest BCUT2D eigenvalue weighted by Crippen LogP contribution is -1.88. The molecule has 112 valence electrons. The Morgan fingerprint density at radius 3 is 2.13 bits per heavy atom. The Kier molecular flexibility index (Phi) is 3.19. The van der Waals surface area contributed by atoms with Crippen LogP contribution < -0.4 is 0 Å². The van der Waals surface area contributed by atoms with E-state index < -0.39 is 0 Å². The van der Waals surface area contributed by atoms with Gasteiger partial charge in [-0.1, -0.05) is 54.6 Å². The van der Waals surface area contributed by atoms with Gasteiger partial charge in [-0.2, -0.15) is 0 Å². The second-order valence-corrected chi connectivity index (χ2v) is 5.63. The van der Waals surface area contributed by atoms with Crippen LogP contribution in [0.15, 0.2) is 65.3 Å². The zero-order valence-corrected chi connectivity index (χ0v) is 13.1. The number of hydrogen-bond donors (Lipinski definition) is 0. The maximum atomic E-state index is 5.70. The molecular formula is C20H16N2O. The third-order valence-corrected chi connectivity index (χ3v) is 4.23. The number of furan rings is 1. The highest BCUT2D eigenvalue weighted by Gasteiger charge is 2.14. The summed E-state index contributed by atoms with van der Waals surface area (Å²) >= 11 is 0. The third-order valence-electron chi connectivity index (χ3n) is 4.23. The molecule has 0 fully saturated rings. The van der Waals surface area contributed by atoms with Crippen LogP contribution in [-0.2, 0) is 0 Å². The number of aryl methyl sites for hydroxylation is 2. The van der Waals surface area contributed by atoms with E-state index in [4.69, 9.17) is 4.42 Å². The molecule has 0 aliphatic rings. The summed E-state index contributed by atoms with van der Waals surface area (Å²) in [5.41, 5.74) is 6.15. The zero-order chi connectivity index (χ0) is 15.8. The van der Waals surface area contributed by atoms with Gasteiger partial charge in [-0.05, 0) is 25.0 Å². The van der Waals surface area contributed by atoms with Gasteiger partial charge in [-0.3, -0.25) is 0 Å². The van der Waals surface area contributed by atoms with Crippen molar-refractivity contribution in [3.8, 4) is 22.4 Å². The fourth-order valence-electron chi connectivity index (χ4n) is 2.85. The Morgan fingerprint density at radius 2 is 1.39 bits per heavy atom. The van der Waals surface area contributed by atoms with Crippen molar-refractivity contribution in [1.82, 2.24) is 9.97 Å². The summed E-state index contributed by atoms with van der Waals surface area (Å²) < 4.78 is 5.70. The Bertz CT molecular complexity index is 970. The number of rotatable bonds is 2. The molecule has 0 aliphatic carbocycles. The zero-order valence-electron chi connectivity index (χ0n) is 13.1. The predicted octanol–water partition coefficient (Wildman–Crippen LogP) is 5.17. The summed E-state index contributed by atoms with van der Waals surface area (Å²) in [6.45, 7) is 4.01. The van der Waals surface area contributed by atoms with Crippen LogP contribution in [0.1, 0.15) is 11.3 Å². The molecule has 0 N–H and O–H groups in total. The molecule has 23 heavy (non-hydrogen) atoms. The van der Waals surface area contributed by atoms with Crippen molar-refractivity contribution in [2.24, 2.45) is 0 Å². The molecule has 4 rings (SSSR count). The van der Waals surface area contributed by atoms with Crippen LogP contribution in [-0.4, -0.2) is 9.97 Å². The van der Waals surface area contributed by atoms with Crippen molar-refractivity contribution in [1.29, 1.82) is 0 Å². The molecule has 0 saturated carbocycles. The van der Waals surface area contributed by atoms with Crippen molar-refractivity contribution in [2.75, 3.05) is 0 Å². The molecule has 0 unspecified atom stereocenters. The van der Waals surface area contributed by atoms with Gasteiger partial charge in [0, 0.05) is 11.1 Å². The Hall–Kier alpha value is -2.94. The largest absolute Gasteiger partial charge is 0.443 e. The van der Waals surface area contributed by atoms with Crippen molar-refractivity contribution in [2.45, 2.75) is 13.8 Å². The van der Waals surface area contributed by atoms with Crippen molar-refractivity contribution >= 4 is 11.1 Å². The minimum Gasteiger partial charge on any atom is -0.443 e. The van der Waals surface area contributed by atoms with E-state index >= 15 is 0 Å². The van der Waals surface area contributed by atoms with Crippen LogP contribution in [0.3, 0.4) is 0 Å². The van der Waals surface area contributed by atoms with Crippen LogP contribution in [0.5, 0.6) is 0 Å². The van der Waals surface area contributed by atoms with Gasteiger partial charge in [0.05, 0.1) is 11.1 Å². The molecule has 0 bridgehead atoms. The number of benzene rings is 2. The number of nitrogens with zero attached hydrogens (tertiary/aromatic N) is 2. The molecule has 0 saturated heterocycles. The normalized spacial score (nSPS) is 11.0. The van der Waals surface area contributed by atoms with E-state index in [9.17, 15) is 0 Å². The molecule has 0 aliphatic heterocycles. The van der Waals surface area contributed by atoms with Gasteiger partial charge < -0.3 is 4.42 Å². The molecule has 0 atom stereocenters. The van der Waals surface area contributed by atoms with Gasteiger partial charge in [-0.15, -0.1) is 0 Å². The molecule has 3 nitrogen and oxygen atoms in total. The van der Waals surface area contributed by atoms with Gasteiger partial charge in [0.25, 0.3) is 0 Å². The number of hydrogen-bond acceptors (Lipinski definition) is 3. The third kappa shape index (κ3) is 2.30. The van der Waals surface area contributed by atoms with Crippen LogP contribution in [0.25, 0.3) is 33.5 Å². The molecule has 2 heterocycles. The van der Waals surface area contributed by atoms with E-state index in [1.165, 1.54) is 11.1 Å². The standard InChI is InChI=1S/C20H16N2O/c1-13-14(2)23-20-18(13)19(21-12-22-20)17-10-8-16(9-11-17)15-6-4-3-5-7-15/h3-12H,1-2H3. The molecule has 2 aromatic heterocycles. The predicted molar refractivity (Wildman–Crippen MR) is 92.2 cm³/mol. The van der Waals surface area contributed by atoms with E-state index in [1.54, 1.807) is 6.33 Å². The van der Waals surface area contributed by atoms with Crippen molar-refractivity contribution in [3.63, 3.8) is 0 Å². The average molecular weight is 300 g/mol. The van der Waals surface area contributed by atoms with Crippen LogP contribution in [0, 0.1) is 13.8 Å². The minimum absolute atomic E-state index is 0.650. The highest BCUT2D eigenvalue weighted by Crippen LogP contribution is 2.32.